The number of rotatable bonds is 3. The molecule has 0 amide bonds. The lowest BCUT2D eigenvalue weighted by molar-refractivity contribution is -0.137. The normalized spacial score (nSPS) is 14.2. The molecule has 0 saturated heterocycles. The van der Waals surface area contributed by atoms with Gasteiger partial charge in [0.15, 0.2) is 11.5 Å². The van der Waals surface area contributed by atoms with Crippen molar-refractivity contribution in [3.05, 3.63) is 23.8 Å². The van der Waals surface area contributed by atoms with Crippen molar-refractivity contribution in [3.63, 3.8) is 0 Å². The highest BCUT2D eigenvalue weighted by Gasteiger charge is 2.19. The third-order valence-electron chi connectivity index (χ3n) is 2.33. The lowest BCUT2D eigenvalue weighted by atomic mass is 9.97. The van der Waals surface area contributed by atoms with Gasteiger partial charge in [-0.25, -0.2) is 0 Å². The van der Waals surface area contributed by atoms with Crippen LogP contribution in [0.5, 0.6) is 11.5 Å². The van der Waals surface area contributed by atoms with Gasteiger partial charge in [-0.3, -0.25) is 4.79 Å². The largest absolute Gasteiger partial charge is 0.481 e. The number of carbonyl (C=O) groups is 1. The van der Waals surface area contributed by atoms with E-state index in [1.165, 1.54) is 0 Å². The Morgan fingerprint density at radius 1 is 1.50 bits per heavy atom. The fourth-order valence-corrected chi connectivity index (χ4v) is 1.54. The fraction of sp³-hybridized carbons (Fsp3) is 0.273. The lowest BCUT2D eigenvalue weighted by Gasteiger charge is -2.07. The van der Waals surface area contributed by atoms with E-state index in [0.29, 0.717) is 17.1 Å². The quantitative estimate of drug-likeness (QED) is 0.833. The van der Waals surface area contributed by atoms with Crippen LogP contribution in [0.15, 0.2) is 18.2 Å². The number of fused-ring (bicyclic) bond motifs is 1. The number of hydrogen-bond acceptors (Lipinski definition) is 4. The summed E-state index contributed by atoms with van der Waals surface area (Å²) in [4.78, 5) is 10.6. The number of carboxylic acid groups (broad SMARTS) is 1. The molecule has 1 aliphatic rings. The van der Waals surface area contributed by atoms with Gasteiger partial charge in [0.25, 0.3) is 0 Å². The molecule has 82 valence electrons. The zero-order valence-corrected chi connectivity index (χ0v) is 8.34. The molecule has 2 rings (SSSR count). The first-order valence-corrected chi connectivity index (χ1v) is 4.71. The number of aliphatic carboxylic acids is 1. The van der Waals surface area contributed by atoms with E-state index in [1.54, 1.807) is 18.2 Å². The number of nitriles is 1. The van der Waals surface area contributed by atoms with Gasteiger partial charge >= 0.3 is 5.97 Å². The summed E-state index contributed by atoms with van der Waals surface area (Å²) in [5, 5.41) is 17.6. The van der Waals surface area contributed by atoms with Crippen LogP contribution in [0.2, 0.25) is 0 Å². The Bertz CT molecular complexity index is 464. The van der Waals surface area contributed by atoms with E-state index in [2.05, 4.69) is 0 Å². The zero-order chi connectivity index (χ0) is 11.5. The van der Waals surface area contributed by atoms with E-state index in [9.17, 15) is 4.79 Å². The second-order valence-electron chi connectivity index (χ2n) is 3.39. The molecule has 1 aromatic carbocycles. The highest BCUT2D eigenvalue weighted by molar-refractivity contribution is 5.69. The van der Waals surface area contributed by atoms with Gasteiger partial charge in [-0.2, -0.15) is 5.26 Å². The second-order valence-corrected chi connectivity index (χ2v) is 3.39. The van der Waals surface area contributed by atoms with E-state index in [1.807, 2.05) is 6.07 Å². The molecule has 5 nitrogen and oxygen atoms in total. The van der Waals surface area contributed by atoms with E-state index in [-0.39, 0.29) is 13.2 Å². The predicted molar refractivity (Wildman–Crippen MR) is 53.2 cm³/mol. The molecule has 0 spiro atoms. The Morgan fingerprint density at radius 3 is 2.94 bits per heavy atom. The van der Waals surface area contributed by atoms with Gasteiger partial charge in [-0.05, 0) is 17.7 Å². The summed E-state index contributed by atoms with van der Waals surface area (Å²) in [5.74, 6) is -0.477. The molecule has 0 saturated carbocycles. The van der Waals surface area contributed by atoms with E-state index in [0.717, 1.165) is 0 Å². The molecular formula is C11H9NO4. The minimum absolute atomic E-state index is 0.162. The zero-order valence-electron chi connectivity index (χ0n) is 8.34. The van der Waals surface area contributed by atoms with E-state index in [4.69, 9.17) is 19.8 Å². The highest BCUT2D eigenvalue weighted by atomic mass is 16.7. The number of nitrogens with zero attached hydrogens (tertiary/aromatic N) is 1. The average molecular weight is 219 g/mol. The van der Waals surface area contributed by atoms with Crippen molar-refractivity contribution in [1.29, 1.82) is 5.26 Å². The molecule has 0 bridgehead atoms. The molecule has 1 aromatic rings. The first-order valence-electron chi connectivity index (χ1n) is 4.71. The highest BCUT2D eigenvalue weighted by Crippen LogP contribution is 2.35. The minimum atomic E-state index is -0.996. The van der Waals surface area contributed by atoms with Crippen molar-refractivity contribution >= 4 is 5.97 Å². The van der Waals surface area contributed by atoms with Crippen LogP contribution in [-0.4, -0.2) is 17.9 Å². The average Bonchev–Trinajstić information content (AvgIpc) is 2.72. The van der Waals surface area contributed by atoms with Gasteiger partial charge in [-0.1, -0.05) is 6.07 Å². The Labute approximate surface area is 91.8 Å². The van der Waals surface area contributed by atoms with Crippen molar-refractivity contribution < 1.29 is 19.4 Å². The van der Waals surface area contributed by atoms with Gasteiger partial charge in [0, 0.05) is 0 Å². The molecule has 16 heavy (non-hydrogen) atoms. The van der Waals surface area contributed by atoms with Crippen LogP contribution in [0.25, 0.3) is 0 Å². The van der Waals surface area contributed by atoms with Gasteiger partial charge in [0.1, 0.15) is 0 Å². The Kier molecular flexibility index (Phi) is 2.64. The fourth-order valence-electron chi connectivity index (χ4n) is 1.54. The molecule has 0 aliphatic carbocycles. The van der Waals surface area contributed by atoms with Gasteiger partial charge < -0.3 is 14.6 Å². The van der Waals surface area contributed by atoms with Crippen LogP contribution in [0.1, 0.15) is 17.9 Å². The van der Waals surface area contributed by atoms with Crippen LogP contribution >= 0.6 is 0 Å². The summed E-state index contributed by atoms with van der Waals surface area (Å²) in [6.45, 7) is 0.162. The Morgan fingerprint density at radius 2 is 2.25 bits per heavy atom. The van der Waals surface area contributed by atoms with Crippen molar-refractivity contribution in [1.82, 2.24) is 0 Å². The molecule has 5 heteroatoms. The van der Waals surface area contributed by atoms with E-state index < -0.39 is 11.9 Å². The van der Waals surface area contributed by atoms with Crippen LogP contribution in [-0.2, 0) is 4.79 Å². The standard InChI is InChI=1S/C11H9NO4/c12-5-8(4-11(13)14)7-1-2-9-10(3-7)16-6-15-9/h1-3,8H,4,6H2,(H,13,14). The SMILES string of the molecule is N#CC(CC(=O)O)c1ccc2c(c1)OCO2. The summed E-state index contributed by atoms with van der Waals surface area (Å²) in [6.07, 6.45) is -0.212. The van der Waals surface area contributed by atoms with Gasteiger partial charge in [-0.15, -0.1) is 0 Å². The molecule has 1 aliphatic heterocycles. The smallest absolute Gasteiger partial charge is 0.305 e. The Balaban J connectivity index is 2.26. The molecule has 1 N–H and O–H groups in total. The predicted octanol–water partition coefficient (Wildman–Crippen LogP) is 1.50. The first-order chi connectivity index (χ1) is 7.70. The maximum absolute atomic E-state index is 10.6. The third-order valence-corrected chi connectivity index (χ3v) is 2.33. The van der Waals surface area contributed by atoms with Crippen LogP contribution in [0.3, 0.4) is 0 Å². The molecule has 0 radical (unpaired) electrons. The first kappa shape index (κ1) is 10.3. The molecule has 0 aromatic heterocycles. The van der Waals surface area contributed by atoms with Crippen LogP contribution < -0.4 is 9.47 Å². The number of hydrogen-bond donors (Lipinski definition) is 1. The number of carboxylic acids is 1. The molecule has 0 fully saturated rings. The summed E-state index contributed by atoms with van der Waals surface area (Å²) < 4.78 is 10.3. The maximum Gasteiger partial charge on any atom is 0.305 e. The second kappa shape index (κ2) is 4.11. The third kappa shape index (κ3) is 1.91. The topological polar surface area (TPSA) is 79.6 Å². The molecular weight excluding hydrogens is 210 g/mol. The van der Waals surface area contributed by atoms with E-state index >= 15 is 0 Å². The van der Waals surface area contributed by atoms with Crippen LogP contribution in [0.4, 0.5) is 0 Å². The van der Waals surface area contributed by atoms with Gasteiger partial charge in [0.2, 0.25) is 6.79 Å². The monoisotopic (exact) mass is 219 g/mol. The molecule has 1 atom stereocenters. The molecule has 1 heterocycles. The van der Waals surface area contributed by atoms with Crippen molar-refractivity contribution in [2.45, 2.75) is 12.3 Å². The lowest BCUT2D eigenvalue weighted by Crippen LogP contribution is -2.04. The number of benzene rings is 1. The van der Waals surface area contributed by atoms with Crippen molar-refractivity contribution in [2.24, 2.45) is 0 Å². The maximum atomic E-state index is 10.6. The van der Waals surface area contributed by atoms with Crippen molar-refractivity contribution in [3.8, 4) is 17.6 Å². The summed E-state index contributed by atoms with van der Waals surface area (Å²) in [5.41, 5.74) is 0.633. The van der Waals surface area contributed by atoms with Crippen molar-refractivity contribution in [2.75, 3.05) is 6.79 Å². The van der Waals surface area contributed by atoms with Crippen LogP contribution in [0, 0.1) is 11.3 Å². The van der Waals surface area contributed by atoms with Gasteiger partial charge in [0.05, 0.1) is 18.4 Å². The summed E-state index contributed by atoms with van der Waals surface area (Å²) >= 11 is 0. The number of ether oxygens (including phenoxy) is 2. The molecule has 1 unspecified atom stereocenters. The Hall–Kier alpha value is -2.22. The minimum Gasteiger partial charge on any atom is -0.481 e. The summed E-state index contributed by atoms with van der Waals surface area (Å²) in [7, 11) is 0. The summed E-state index contributed by atoms with van der Waals surface area (Å²) in [6, 6.07) is 6.98.